The highest BCUT2D eigenvalue weighted by atomic mass is 127. The van der Waals surface area contributed by atoms with Gasteiger partial charge in [0.05, 0.1) is 0 Å². The molecule has 0 aliphatic carbocycles. The highest BCUT2D eigenvalue weighted by Crippen LogP contribution is 2.14. The molecule has 0 aromatic heterocycles. The first kappa shape index (κ1) is 23.0. The molecule has 138 valence electrons. The van der Waals surface area contributed by atoms with Gasteiger partial charge in [-0.1, -0.05) is 30.3 Å². The standard InChI is InChI=1S/C16H24F3N3O.HI/c1-20-15(22-11-6-12-23-13-16(17,18)19)21-10-5-9-14-7-3-2-4-8-14;/h2-4,7-8H,5-6,9-13H2,1H3,(H2,20,21,22);1H. The Kier molecular flexibility index (Phi) is 12.7. The van der Waals surface area contributed by atoms with Gasteiger partial charge in [-0.15, -0.1) is 24.0 Å². The van der Waals surface area contributed by atoms with E-state index in [4.69, 9.17) is 0 Å². The van der Waals surface area contributed by atoms with E-state index >= 15 is 0 Å². The van der Waals surface area contributed by atoms with Crippen LogP contribution in [0.2, 0.25) is 0 Å². The van der Waals surface area contributed by atoms with E-state index in [9.17, 15) is 13.2 Å². The van der Waals surface area contributed by atoms with E-state index in [-0.39, 0.29) is 30.6 Å². The zero-order valence-electron chi connectivity index (χ0n) is 13.7. The molecule has 0 fully saturated rings. The summed E-state index contributed by atoms with van der Waals surface area (Å²) in [4.78, 5) is 4.06. The van der Waals surface area contributed by atoms with Gasteiger partial charge in [-0.25, -0.2) is 0 Å². The molecule has 0 heterocycles. The van der Waals surface area contributed by atoms with Gasteiger partial charge in [0.2, 0.25) is 0 Å². The number of rotatable bonds is 9. The normalized spacial score (nSPS) is 11.8. The van der Waals surface area contributed by atoms with Crippen molar-refractivity contribution in [3.63, 3.8) is 0 Å². The predicted octanol–water partition coefficient (Wildman–Crippen LogP) is 3.37. The van der Waals surface area contributed by atoms with Crippen molar-refractivity contribution in [1.82, 2.24) is 10.6 Å². The van der Waals surface area contributed by atoms with E-state index in [1.807, 2.05) is 18.2 Å². The van der Waals surface area contributed by atoms with Gasteiger partial charge in [-0.05, 0) is 24.8 Å². The van der Waals surface area contributed by atoms with Crippen LogP contribution in [0, 0.1) is 0 Å². The van der Waals surface area contributed by atoms with E-state index in [0.29, 0.717) is 18.9 Å². The lowest BCUT2D eigenvalue weighted by Crippen LogP contribution is -2.38. The largest absolute Gasteiger partial charge is 0.411 e. The van der Waals surface area contributed by atoms with Gasteiger partial charge in [0.15, 0.2) is 5.96 Å². The summed E-state index contributed by atoms with van der Waals surface area (Å²) in [7, 11) is 1.66. The van der Waals surface area contributed by atoms with Crippen LogP contribution < -0.4 is 10.6 Å². The average molecular weight is 459 g/mol. The van der Waals surface area contributed by atoms with Gasteiger partial charge < -0.3 is 15.4 Å². The Hall–Kier alpha value is -1.03. The first-order valence-corrected chi connectivity index (χ1v) is 7.64. The molecule has 24 heavy (non-hydrogen) atoms. The summed E-state index contributed by atoms with van der Waals surface area (Å²) in [5.41, 5.74) is 1.29. The SMILES string of the molecule is CN=C(NCCCOCC(F)(F)F)NCCCc1ccccc1.I. The number of nitrogens with zero attached hydrogens (tertiary/aromatic N) is 1. The molecule has 4 nitrogen and oxygen atoms in total. The van der Waals surface area contributed by atoms with Crippen molar-refractivity contribution < 1.29 is 17.9 Å². The van der Waals surface area contributed by atoms with Crippen LogP contribution in [0.1, 0.15) is 18.4 Å². The van der Waals surface area contributed by atoms with E-state index < -0.39 is 12.8 Å². The van der Waals surface area contributed by atoms with Crippen molar-refractivity contribution in [2.75, 3.05) is 33.4 Å². The number of hydrogen-bond donors (Lipinski definition) is 2. The number of nitrogens with one attached hydrogen (secondary N) is 2. The number of ether oxygens (including phenoxy) is 1. The van der Waals surface area contributed by atoms with Crippen LogP contribution in [0.5, 0.6) is 0 Å². The molecule has 0 amide bonds. The lowest BCUT2D eigenvalue weighted by atomic mass is 10.1. The summed E-state index contributed by atoms with van der Waals surface area (Å²) < 4.78 is 40.2. The lowest BCUT2D eigenvalue weighted by molar-refractivity contribution is -0.173. The molecule has 2 N–H and O–H groups in total. The van der Waals surface area contributed by atoms with Gasteiger partial charge in [0.25, 0.3) is 0 Å². The van der Waals surface area contributed by atoms with Crippen molar-refractivity contribution in [3.05, 3.63) is 35.9 Å². The number of benzene rings is 1. The van der Waals surface area contributed by atoms with Gasteiger partial charge in [0, 0.05) is 26.7 Å². The minimum absolute atomic E-state index is 0. The van der Waals surface area contributed by atoms with Crippen molar-refractivity contribution in [3.8, 4) is 0 Å². The molecular weight excluding hydrogens is 434 g/mol. The monoisotopic (exact) mass is 459 g/mol. The Morgan fingerprint density at radius 1 is 1.08 bits per heavy atom. The van der Waals surface area contributed by atoms with Crippen molar-refractivity contribution in [2.24, 2.45) is 4.99 Å². The third kappa shape index (κ3) is 12.4. The second-order valence-corrected chi connectivity index (χ2v) is 5.04. The number of alkyl halides is 3. The van der Waals surface area contributed by atoms with E-state index in [0.717, 1.165) is 19.4 Å². The van der Waals surface area contributed by atoms with E-state index in [2.05, 4.69) is 32.5 Å². The molecule has 1 aromatic carbocycles. The fraction of sp³-hybridized carbons (Fsp3) is 0.562. The first-order chi connectivity index (χ1) is 11.0. The fourth-order valence-electron chi connectivity index (χ4n) is 1.93. The van der Waals surface area contributed by atoms with Crippen LogP contribution in [0.3, 0.4) is 0 Å². The summed E-state index contributed by atoms with van der Waals surface area (Å²) in [6.07, 6.45) is -1.82. The Balaban J connectivity index is 0.00000529. The Morgan fingerprint density at radius 3 is 2.29 bits per heavy atom. The molecule has 1 aromatic rings. The lowest BCUT2D eigenvalue weighted by Gasteiger charge is -2.12. The van der Waals surface area contributed by atoms with Gasteiger partial charge in [0.1, 0.15) is 6.61 Å². The zero-order valence-corrected chi connectivity index (χ0v) is 16.1. The minimum atomic E-state index is -4.26. The molecule has 0 bridgehead atoms. The third-order valence-electron chi connectivity index (χ3n) is 3.02. The van der Waals surface area contributed by atoms with Gasteiger partial charge in [-0.2, -0.15) is 13.2 Å². The predicted molar refractivity (Wildman–Crippen MR) is 101 cm³/mol. The van der Waals surface area contributed by atoms with E-state index in [1.165, 1.54) is 5.56 Å². The number of guanidine groups is 1. The Labute approximate surface area is 158 Å². The van der Waals surface area contributed by atoms with Crippen LogP contribution in [0.25, 0.3) is 0 Å². The Bertz CT molecular complexity index is 456. The minimum Gasteiger partial charge on any atom is -0.372 e. The molecule has 0 aliphatic heterocycles. The first-order valence-electron chi connectivity index (χ1n) is 7.64. The smallest absolute Gasteiger partial charge is 0.372 e. The second-order valence-electron chi connectivity index (χ2n) is 5.04. The molecule has 0 spiro atoms. The fourth-order valence-corrected chi connectivity index (χ4v) is 1.93. The number of hydrogen-bond acceptors (Lipinski definition) is 2. The summed E-state index contributed by atoms with van der Waals surface area (Å²) in [5.74, 6) is 0.647. The summed E-state index contributed by atoms with van der Waals surface area (Å²) >= 11 is 0. The number of aryl methyl sites for hydroxylation is 1. The van der Waals surface area contributed by atoms with Gasteiger partial charge >= 0.3 is 6.18 Å². The molecule has 1 rings (SSSR count). The average Bonchev–Trinajstić information content (AvgIpc) is 2.52. The van der Waals surface area contributed by atoms with Crippen LogP contribution in [-0.2, 0) is 11.2 Å². The highest BCUT2D eigenvalue weighted by Gasteiger charge is 2.27. The molecule has 0 unspecified atom stereocenters. The van der Waals surface area contributed by atoms with Crippen LogP contribution in [0.15, 0.2) is 35.3 Å². The molecule has 0 atom stereocenters. The van der Waals surface area contributed by atoms with Crippen molar-refractivity contribution in [1.29, 1.82) is 0 Å². The van der Waals surface area contributed by atoms with Crippen molar-refractivity contribution >= 4 is 29.9 Å². The summed E-state index contributed by atoms with van der Waals surface area (Å²) in [5, 5.41) is 6.22. The highest BCUT2D eigenvalue weighted by molar-refractivity contribution is 14.0. The van der Waals surface area contributed by atoms with Crippen molar-refractivity contribution in [2.45, 2.75) is 25.4 Å². The number of halogens is 4. The van der Waals surface area contributed by atoms with Crippen LogP contribution in [-0.4, -0.2) is 45.5 Å². The topological polar surface area (TPSA) is 45.7 Å². The summed E-state index contributed by atoms with van der Waals surface area (Å²) in [6, 6.07) is 10.2. The molecule has 0 aliphatic rings. The molecule has 0 saturated heterocycles. The second kappa shape index (κ2) is 13.3. The quantitative estimate of drug-likeness (QED) is 0.258. The van der Waals surface area contributed by atoms with Gasteiger partial charge in [-0.3, -0.25) is 4.99 Å². The third-order valence-corrected chi connectivity index (χ3v) is 3.02. The maximum Gasteiger partial charge on any atom is 0.411 e. The molecule has 8 heteroatoms. The Morgan fingerprint density at radius 2 is 1.71 bits per heavy atom. The van der Waals surface area contributed by atoms with Crippen LogP contribution >= 0.6 is 24.0 Å². The maximum atomic E-state index is 11.9. The molecular formula is C16H25F3IN3O. The van der Waals surface area contributed by atoms with E-state index in [1.54, 1.807) is 7.05 Å². The zero-order chi connectivity index (χ0) is 17.0. The summed E-state index contributed by atoms with van der Waals surface area (Å²) in [6.45, 7) is 0.159. The number of aliphatic imine (C=N–C) groups is 1. The van der Waals surface area contributed by atoms with Crippen LogP contribution in [0.4, 0.5) is 13.2 Å². The molecule has 0 saturated carbocycles. The maximum absolute atomic E-state index is 11.9. The molecule has 0 radical (unpaired) electrons.